The molecule has 0 aromatic rings. The molecule has 0 N–H and O–H groups in total. The molecule has 0 radical (unpaired) electrons. The first-order valence-electron chi connectivity index (χ1n) is 20.0. The molecule has 0 aliphatic rings. The number of esters is 3. The lowest BCUT2D eigenvalue weighted by molar-refractivity contribution is -0.167. The Morgan fingerprint density at radius 1 is 0.348 bits per heavy atom. The second kappa shape index (κ2) is 36.2. The van der Waals surface area contributed by atoms with Crippen LogP contribution in [0.5, 0.6) is 0 Å². The van der Waals surface area contributed by atoms with E-state index in [0.29, 0.717) is 19.3 Å². The first kappa shape index (κ1) is 44.4. The zero-order valence-electron chi connectivity index (χ0n) is 30.9. The van der Waals surface area contributed by atoms with E-state index in [0.717, 1.165) is 70.6 Å². The van der Waals surface area contributed by atoms with Gasteiger partial charge in [-0.25, -0.2) is 0 Å². The Labute approximate surface area is 285 Å². The molecule has 0 heterocycles. The molecule has 0 saturated heterocycles. The summed E-state index contributed by atoms with van der Waals surface area (Å²) in [6.07, 6.45) is 34.4. The molecule has 0 unspecified atom stereocenters. The van der Waals surface area contributed by atoms with Crippen molar-refractivity contribution in [2.75, 3.05) is 13.2 Å². The summed E-state index contributed by atoms with van der Waals surface area (Å²) in [5, 5.41) is 0. The molecular formula is C40H76O6. The van der Waals surface area contributed by atoms with Crippen LogP contribution >= 0.6 is 0 Å². The highest BCUT2D eigenvalue weighted by molar-refractivity contribution is 5.71. The predicted molar refractivity (Wildman–Crippen MR) is 192 cm³/mol. The van der Waals surface area contributed by atoms with Gasteiger partial charge in [-0.1, -0.05) is 181 Å². The van der Waals surface area contributed by atoms with Crippen LogP contribution in [0.2, 0.25) is 0 Å². The van der Waals surface area contributed by atoms with Crippen molar-refractivity contribution in [3.63, 3.8) is 0 Å². The summed E-state index contributed by atoms with van der Waals surface area (Å²) in [4.78, 5) is 37.0. The Morgan fingerprint density at radius 2 is 0.587 bits per heavy atom. The van der Waals surface area contributed by atoms with E-state index in [1.54, 1.807) is 0 Å². The van der Waals surface area contributed by atoms with Crippen molar-refractivity contribution in [2.45, 2.75) is 226 Å². The van der Waals surface area contributed by atoms with E-state index in [4.69, 9.17) is 14.2 Å². The largest absolute Gasteiger partial charge is 0.462 e. The van der Waals surface area contributed by atoms with Crippen LogP contribution in [-0.2, 0) is 28.6 Å². The number of rotatable bonds is 36. The summed E-state index contributed by atoms with van der Waals surface area (Å²) < 4.78 is 16.4. The molecule has 0 aliphatic heterocycles. The van der Waals surface area contributed by atoms with Crippen molar-refractivity contribution in [3.05, 3.63) is 0 Å². The summed E-state index contributed by atoms with van der Waals surface area (Å²) in [6.45, 7) is 6.47. The minimum absolute atomic E-state index is 0.0662. The number of ether oxygens (including phenoxy) is 3. The van der Waals surface area contributed by atoms with E-state index in [1.807, 2.05) is 0 Å². The number of hydrogen-bond donors (Lipinski definition) is 0. The molecule has 0 rings (SSSR count). The van der Waals surface area contributed by atoms with E-state index in [2.05, 4.69) is 20.8 Å². The van der Waals surface area contributed by atoms with Crippen LogP contribution in [0.3, 0.4) is 0 Å². The predicted octanol–water partition coefficient (Wildman–Crippen LogP) is 12.1. The molecule has 0 saturated carbocycles. The summed E-state index contributed by atoms with van der Waals surface area (Å²) in [7, 11) is 0. The molecule has 0 aromatic heterocycles. The van der Waals surface area contributed by atoms with E-state index in [9.17, 15) is 14.4 Å². The van der Waals surface area contributed by atoms with Crippen LogP contribution in [0.15, 0.2) is 0 Å². The molecule has 6 nitrogen and oxygen atoms in total. The minimum Gasteiger partial charge on any atom is -0.462 e. The Bertz CT molecular complexity index is 679. The maximum Gasteiger partial charge on any atom is 0.306 e. The van der Waals surface area contributed by atoms with Gasteiger partial charge in [0.15, 0.2) is 6.10 Å². The maximum atomic E-state index is 12.4. The quantitative estimate of drug-likeness (QED) is 0.0381. The lowest BCUT2D eigenvalue weighted by Gasteiger charge is -2.18. The first-order valence-corrected chi connectivity index (χ1v) is 20.0. The van der Waals surface area contributed by atoms with E-state index >= 15 is 0 Å². The fourth-order valence-electron chi connectivity index (χ4n) is 5.79. The van der Waals surface area contributed by atoms with Gasteiger partial charge >= 0.3 is 17.9 Å². The third kappa shape index (κ3) is 33.8. The van der Waals surface area contributed by atoms with Gasteiger partial charge in [-0.2, -0.15) is 0 Å². The summed E-state index contributed by atoms with van der Waals surface area (Å²) in [6, 6.07) is 0. The van der Waals surface area contributed by atoms with Crippen molar-refractivity contribution in [1.29, 1.82) is 0 Å². The standard InChI is InChI=1S/C40H76O6/c1-4-7-10-13-14-15-16-17-18-19-20-21-22-23-24-25-28-30-33-39(42)45-36-37(46-40(43)34-31-27-12-9-6-3)35-44-38(41)32-29-26-11-8-5-2/h37H,4-36H2,1-3H3/t37-/m1/s1. The number of carbonyl (C=O) groups excluding carboxylic acids is 3. The molecule has 0 bridgehead atoms. The molecule has 1 atom stereocenters. The van der Waals surface area contributed by atoms with Gasteiger partial charge in [0.05, 0.1) is 0 Å². The van der Waals surface area contributed by atoms with Crippen molar-refractivity contribution >= 4 is 17.9 Å². The zero-order valence-corrected chi connectivity index (χ0v) is 30.9. The molecular weight excluding hydrogens is 576 g/mol. The van der Waals surface area contributed by atoms with Gasteiger partial charge in [0.25, 0.3) is 0 Å². The van der Waals surface area contributed by atoms with Gasteiger partial charge in [-0.3, -0.25) is 14.4 Å². The average molecular weight is 653 g/mol. The molecule has 0 fully saturated rings. The minimum atomic E-state index is -0.753. The Balaban J connectivity index is 4.00. The van der Waals surface area contributed by atoms with Crippen LogP contribution in [0.25, 0.3) is 0 Å². The van der Waals surface area contributed by atoms with Crippen molar-refractivity contribution < 1.29 is 28.6 Å². The highest BCUT2D eigenvalue weighted by Crippen LogP contribution is 2.15. The lowest BCUT2D eigenvalue weighted by Crippen LogP contribution is -2.30. The van der Waals surface area contributed by atoms with Crippen molar-refractivity contribution in [2.24, 2.45) is 0 Å². The average Bonchev–Trinajstić information content (AvgIpc) is 3.05. The highest BCUT2D eigenvalue weighted by Gasteiger charge is 2.19. The number of hydrogen-bond acceptors (Lipinski definition) is 6. The summed E-state index contributed by atoms with van der Waals surface area (Å²) >= 11 is 0. The smallest absolute Gasteiger partial charge is 0.306 e. The lowest BCUT2D eigenvalue weighted by atomic mass is 10.0. The maximum absolute atomic E-state index is 12.4. The molecule has 6 heteroatoms. The van der Waals surface area contributed by atoms with Crippen LogP contribution in [-0.4, -0.2) is 37.2 Å². The highest BCUT2D eigenvalue weighted by atomic mass is 16.6. The zero-order chi connectivity index (χ0) is 33.8. The monoisotopic (exact) mass is 653 g/mol. The van der Waals surface area contributed by atoms with Crippen molar-refractivity contribution in [3.8, 4) is 0 Å². The molecule has 0 aliphatic carbocycles. The van der Waals surface area contributed by atoms with E-state index in [1.165, 1.54) is 109 Å². The third-order valence-electron chi connectivity index (χ3n) is 8.86. The molecule has 0 amide bonds. The van der Waals surface area contributed by atoms with E-state index in [-0.39, 0.29) is 31.1 Å². The van der Waals surface area contributed by atoms with Crippen LogP contribution in [0, 0.1) is 0 Å². The second-order valence-electron chi connectivity index (χ2n) is 13.6. The Hall–Kier alpha value is -1.59. The first-order chi connectivity index (χ1) is 22.5. The topological polar surface area (TPSA) is 78.9 Å². The van der Waals surface area contributed by atoms with Gasteiger partial charge in [-0.05, 0) is 19.3 Å². The van der Waals surface area contributed by atoms with Crippen LogP contribution in [0.4, 0.5) is 0 Å². The number of carbonyl (C=O) groups is 3. The fourth-order valence-corrected chi connectivity index (χ4v) is 5.79. The molecule has 272 valence electrons. The van der Waals surface area contributed by atoms with Gasteiger partial charge < -0.3 is 14.2 Å². The summed E-state index contributed by atoms with van der Waals surface area (Å²) in [5.41, 5.74) is 0. The molecule has 0 spiro atoms. The van der Waals surface area contributed by atoms with Crippen LogP contribution in [0.1, 0.15) is 220 Å². The van der Waals surface area contributed by atoms with Crippen LogP contribution < -0.4 is 0 Å². The van der Waals surface area contributed by atoms with Gasteiger partial charge in [0.2, 0.25) is 0 Å². The number of unbranched alkanes of at least 4 members (excludes halogenated alkanes) is 25. The Morgan fingerprint density at radius 3 is 0.870 bits per heavy atom. The fraction of sp³-hybridized carbons (Fsp3) is 0.925. The normalized spacial score (nSPS) is 11.8. The van der Waals surface area contributed by atoms with E-state index < -0.39 is 6.10 Å². The van der Waals surface area contributed by atoms with Gasteiger partial charge in [-0.15, -0.1) is 0 Å². The SMILES string of the molecule is CCCCCCCCCCCCCCCCCCCCC(=O)OC[C@@H](COC(=O)CCCCCCC)OC(=O)CCCCCCC. The van der Waals surface area contributed by atoms with Gasteiger partial charge in [0.1, 0.15) is 13.2 Å². The summed E-state index contributed by atoms with van der Waals surface area (Å²) in [5.74, 6) is -0.890. The molecule has 46 heavy (non-hydrogen) atoms. The van der Waals surface area contributed by atoms with Crippen molar-refractivity contribution in [1.82, 2.24) is 0 Å². The Kier molecular flexibility index (Phi) is 35.0. The second-order valence-corrected chi connectivity index (χ2v) is 13.6. The molecule has 0 aromatic carbocycles. The van der Waals surface area contributed by atoms with Gasteiger partial charge in [0, 0.05) is 19.3 Å². The third-order valence-corrected chi connectivity index (χ3v) is 8.86.